The number of ether oxygens (including phenoxy) is 1. The topological polar surface area (TPSA) is 168 Å². The minimum Gasteiger partial charge on any atom is -0.483 e. The van der Waals surface area contributed by atoms with E-state index >= 15 is 0 Å². The molecule has 0 aromatic heterocycles. The third-order valence-corrected chi connectivity index (χ3v) is 11.0. The van der Waals surface area contributed by atoms with E-state index in [1.54, 1.807) is 30.3 Å². The Morgan fingerprint density at radius 1 is 1.06 bits per heavy atom. The molecule has 0 radical (unpaired) electrons. The van der Waals surface area contributed by atoms with Crippen LogP contribution in [0.25, 0.3) is 0 Å². The third kappa shape index (κ3) is 11.0. The number of amides is 2. The molecule has 3 aromatic carbocycles. The number of nitrogens with two attached hydrogens (primary N) is 1. The van der Waals surface area contributed by atoms with Crippen LogP contribution in [-0.4, -0.2) is 69.6 Å². The number of thioether (sulfide) groups is 1. The van der Waals surface area contributed by atoms with Gasteiger partial charge >= 0.3 is 0 Å². The summed E-state index contributed by atoms with van der Waals surface area (Å²) in [6.07, 6.45) is 5.34. The van der Waals surface area contributed by atoms with Gasteiger partial charge in [0.05, 0.1) is 21.2 Å². The Labute approximate surface area is 293 Å². The second-order valence-corrected chi connectivity index (χ2v) is 14.7. The number of carbonyl (C=O) groups excluding carboxylic acids is 2. The number of nitrogens with zero attached hydrogens (tertiary/aromatic N) is 1. The quantitative estimate of drug-likeness (QED) is 0.161. The Hall–Kier alpha value is -4.07. The fraction of sp³-hybridized carbons (Fsp3) is 0.417. The van der Waals surface area contributed by atoms with E-state index in [2.05, 4.69) is 29.4 Å². The van der Waals surface area contributed by atoms with Crippen LogP contribution in [0.2, 0.25) is 0 Å². The van der Waals surface area contributed by atoms with E-state index in [9.17, 15) is 18.0 Å². The van der Waals surface area contributed by atoms with Gasteiger partial charge in [-0.1, -0.05) is 75.2 Å². The first-order chi connectivity index (χ1) is 23.4. The number of carboxylic acid groups (broad SMARTS) is 1. The molecule has 0 bridgehead atoms. The molecule has 1 aliphatic rings. The van der Waals surface area contributed by atoms with Crippen molar-refractivity contribution in [2.45, 2.75) is 62.3 Å². The van der Waals surface area contributed by atoms with E-state index < -0.39 is 39.8 Å². The zero-order valence-electron chi connectivity index (χ0n) is 28.6. The van der Waals surface area contributed by atoms with Crippen molar-refractivity contribution in [1.29, 1.82) is 0 Å². The van der Waals surface area contributed by atoms with Crippen LogP contribution >= 0.6 is 11.8 Å². The maximum Gasteiger partial charge on any atom is 0.300 e. The van der Waals surface area contributed by atoms with Gasteiger partial charge in [0.1, 0.15) is 11.8 Å². The van der Waals surface area contributed by atoms with Gasteiger partial charge in [0.15, 0.2) is 16.4 Å². The Balaban J connectivity index is 0.00000154. The number of rotatable bonds is 14. The summed E-state index contributed by atoms with van der Waals surface area (Å²) in [5, 5.41) is 12.9. The fourth-order valence-corrected chi connectivity index (χ4v) is 8.46. The smallest absolute Gasteiger partial charge is 0.300 e. The van der Waals surface area contributed by atoms with E-state index in [1.807, 2.05) is 48.7 Å². The number of para-hydroxylation sites is 1. The van der Waals surface area contributed by atoms with Gasteiger partial charge in [-0.05, 0) is 42.9 Å². The van der Waals surface area contributed by atoms with Crippen LogP contribution < -0.4 is 26.0 Å². The van der Waals surface area contributed by atoms with Crippen molar-refractivity contribution in [3.05, 3.63) is 78.4 Å². The molecule has 0 spiro atoms. The summed E-state index contributed by atoms with van der Waals surface area (Å²) in [4.78, 5) is 38.0. The maximum absolute atomic E-state index is 14.1. The SMILES string of the molecule is CC(=O)O.CCCCC1(CC)CN(c2ccccc2)c2cc(SC)c(OCC(=O)N[C@@H](C(=O)NCCN)c3ccccc3)cc2S(=O)(=O)C1. The number of fused-ring (bicyclic) bond motifs is 1. The summed E-state index contributed by atoms with van der Waals surface area (Å²) < 4.78 is 34.3. The van der Waals surface area contributed by atoms with Crippen LogP contribution in [0.1, 0.15) is 58.1 Å². The standard InChI is InChI=1S/C34H44N4O5S2.C2H4O2/c1-4-6-17-34(5-2)23-38(26-15-11-8-12-16-26)27-20-29(44-3)28(21-30(27)45(41,42)24-34)43-22-31(39)37-32(33(40)36-19-18-35)25-13-9-7-10-14-25;1-2(3)4/h7-16,20-21,32H,4-6,17-19,22-24,35H2,1-3H3,(H,36,40)(H,37,39);1H3,(H,3,4)/t32-,34?;/m1./s1. The van der Waals surface area contributed by atoms with Gasteiger partial charge in [0, 0.05) is 43.7 Å². The Morgan fingerprint density at radius 3 is 2.27 bits per heavy atom. The lowest BCUT2D eigenvalue weighted by Gasteiger charge is -2.36. The maximum atomic E-state index is 14.1. The van der Waals surface area contributed by atoms with Crippen LogP contribution in [0.3, 0.4) is 0 Å². The predicted octanol–water partition coefficient (Wildman–Crippen LogP) is 5.32. The highest BCUT2D eigenvalue weighted by molar-refractivity contribution is 7.98. The van der Waals surface area contributed by atoms with E-state index in [0.29, 0.717) is 28.4 Å². The number of hydrogen-bond donors (Lipinski definition) is 4. The number of benzene rings is 3. The molecule has 4 rings (SSSR count). The first kappa shape index (κ1) is 39.4. The minimum absolute atomic E-state index is 0.0298. The predicted molar refractivity (Wildman–Crippen MR) is 194 cm³/mol. The molecule has 0 saturated heterocycles. The van der Waals surface area contributed by atoms with Crippen molar-refractivity contribution in [2.24, 2.45) is 11.1 Å². The van der Waals surface area contributed by atoms with Crippen molar-refractivity contribution >= 4 is 50.8 Å². The largest absolute Gasteiger partial charge is 0.483 e. The Bertz CT molecular complexity index is 1650. The van der Waals surface area contributed by atoms with Crippen LogP contribution in [0, 0.1) is 5.41 Å². The molecular weight excluding hydrogens is 665 g/mol. The van der Waals surface area contributed by atoms with Crippen molar-refractivity contribution in [2.75, 3.05) is 43.1 Å². The van der Waals surface area contributed by atoms with Crippen molar-refractivity contribution < 1.29 is 32.6 Å². The molecule has 0 fully saturated rings. The molecule has 0 saturated carbocycles. The average molecular weight is 713 g/mol. The zero-order chi connectivity index (χ0) is 36.0. The normalized spacial score (nSPS) is 17.0. The van der Waals surface area contributed by atoms with Crippen LogP contribution in [-0.2, 0) is 24.2 Å². The van der Waals surface area contributed by atoms with E-state index in [4.69, 9.17) is 20.4 Å². The highest BCUT2D eigenvalue weighted by Gasteiger charge is 2.42. The molecular formula is C36H48N4O7S2. The van der Waals surface area contributed by atoms with Gasteiger partial charge in [-0.15, -0.1) is 11.8 Å². The molecule has 1 heterocycles. The zero-order valence-corrected chi connectivity index (χ0v) is 30.2. The highest BCUT2D eigenvalue weighted by Crippen LogP contribution is 2.47. The second kappa shape index (κ2) is 18.6. The van der Waals surface area contributed by atoms with Gasteiger partial charge in [-0.2, -0.15) is 0 Å². The van der Waals surface area contributed by atoms with Crippen LogP contribution in [0.4, 0.5) is 11.4 Å². The number of unbranched alkanes of at least 4 members (excludes halogenated alkanes) is 1. The molecule has 5 N–H and O–H groups in total. The lowest BCUT2D eigenvalue weighted by molar-refractivity contribution is -0.134. The van der Waals surface area contributed by atoms with Gasteiger partial charge in [0.25, 0.3) is 11.9 Å². The first-order valence-corrected chi connectivity index (χ1v) is 19.2. The summed E-state index contributed by atoms with van der Waals surface area (Å²) in [5.41, 5.74) is 7.26. The average Bonchev–Trinajstić information content (AvgIpc) is 3.19. The number of carbonyl (C=O) groups is 3. The lowest BCUT2D eigenvalue weighted by atomic mass is 9.81. The molecule has 49 heavy (non-hydrogen) atoms. The number of anilines is 2. The van der Waals surface area contributed by atoms with E-state index in [0.717, 1.165) is 38.3 Å². The monoisotopic (exact) mass is 712 g/mol. The van der Waals surface area contributed by atoms with E-state index in [1.165, 1.54) is 11.8 Å². The number of aliphatic carboxylic acids is 1. The summed E-state index contributed by atoms with van der Waals surface area (Å²) in [7, 11) is -3.73. The third-order valence-electron chi connectivity index (χ3n) is 8.24. The summed E-state index contributed by atoms with van der Waals surface area (Å²) in [6, 6.07) is 21.3. The number of nitrogens with one attached hydrogen (secondary N) is 2. The molecule has 2 atom stereocenters. The molecule has 0 aliphatic carbocycles. The molecule has 3 aromatic rings. The summed E-state index contributed by atoms with van der Waals surface area (Å²) >= 11 is 1.41. The molecule has 1 aliphatic heterocycles. The van der Waals surface area contributed by atoms with Gasteiger partial charge in [0.2, 0.25) is 5.91 Å². The van der Waals surface area contributed by atoms with Gasteiger partial charge < -0.3 is 31.1 Å². The van der Waals surface area contributed by atoms with Crippen molar-refractivity contribution in [1.82, 2.24) is 10.6 Å². The molecule has 266 valence electrons. The van der Waals surface area contributed by atoms with Crippen molar-refractivity contribution in [3.63, 3.8) is 0 Å². The number of hydrogen-bond acceptors (Lipinski definition) is 9. The molecule has 1 unspecified atom stereocenters. The molecule has 11 nitrogen and oxygen atoms in total. The van der Waals surface area contributed by atoms with Gasteiger partial charge in [-0.3, -0.25) is 14.4 Å². The highest BCUT2D eigenvalue weighted by atomic mass is 32.2. The summed E-state index contributed by atoms with van der Waals surface area (Å²) in [6.45, 7) is 5.98. The minimum atomic E-state index is -3.73. The number of sulfone groups is 1. The van der Waals surface area contributed by atoms with Gasteiger partial charge in [-0.25, -0.2) is 8.42 Å². The molecule has 13 heteroatoms. The van der Waals surface area contributed by atoms with Crippen molar-refractivity contribution in [3.8, 4) is 5.75 Å². The second-order valence-electron chi connectivity index (χ2n) is 11.9. The van der Waals surface area contributed by atoms with Crippen LogP contribution in [0.15, 0.2) is 82.6 Å². The molecule has 2 amide bonds. The fourth-order valence-electron chi connectivity index (χ4n) is 5.73. The van der Waals surface area contributed by atoms with E-state index in [-0.39, 0.29) is 29.6 Å². The van der Waals surface area contributed by atoms with Crippen LogP contribution in [0.5, 0.6) is 5.75 Å². The lowest BCUT2D eigenvalue weighted by Crippen LogP contribution is -2.43. The first-order valence-electron chi connectivity index (χ1n) is 16.3. The number of carboxylic acids is 1. The Morgan fingerprint density at radius 2 is 1.69 bits per heavy atom. The Kier molecular flexibility index (Phi) is 15.0. The summed E-state index contributed by atoms with van der Waals surface area (Å²) in [5.74, 6) is -1.41.